The molecule has 1 heterocycles. The smallest absolute Gasteiger partial charge is 0.335 e. The quantitative estimate of drug-likeness (QED) is 0.851. The molecule has 6 nitrogen and oxygen atoms in total. The highest BCUT2D eigenvalue weighted by molar-refractivity contribution is 6.00. The Morgan fingerprint density at radius 1 is 1.21 bits per heavy atom. The largest absolute Gasteiger partial charge is 0.493 e. The number of aromatic carboxylic acids is 1. The molecule has 3 rings (SSSR count). The van der Waals surface area contributed by atoms with Gasteiger partial charge in [0.15, 0.2) is 11.5 Å². The van der Waals surface area contributed by atoms with E-state index in [-0.39, 0.29) is 5.56 Å². The maximum absolute atomic E-state index is 10.9. The fourth-order valence-electron chi connectivity index (χ4n) is 2.43. The van der Waals surface area contributed by atoms with Gasteiger partial charge in [-0.1, -0.05) is 12.1 Å². The summed E-state index contributed by atoms with van der Waals surface area (Å²) in [5.41, 5.74) is 2.10. The van der Waals surface area contributed by atoms with Crippen LogP contribution in [-0.2, 0) is 6.61 Å². The first kappa shape index (κ1) is 15.9. The van der Waals surface area contributed by atoms with Gasteiger partial charge in [-0.25, -0.2) is 4.79 Å². The average molecular weight is 326 g/mol. The molecular weight excluding hydrogens is 308 g/mol. The lowest BCUT2D eigenvalue weighted by molar-refractivity contribution is 0.0697. The monoisotopic (exact) mass is 326 g/mol. The highest BCUT2D eigenvalue weighted by Crippen LogP contribution is 2.29. The third-order valence-electron chi connectivity index (χ3n) is 3.71. The molecule has 2 aromatic carbocycles. The number of carbonyl (C=O) groups is 1. The van der Waals surface area contributed by atoms with Gasteiger partial charge in [-0.05, 0) is 35.9 Å². The predicted octanol–water partition coefficient (Wildman–Crippen LogP) is 2.32. The first-order chi connectivity index (χ1) is 11.7. The summed E-state index contributed by atoms with van der Waals surface area (Å²) in [6, 6.07) is 12.3. The van der Waals surface area contributed by atoms with E-state index in [1.807, 2.05) is 18.2 Å². The second-order valence-corrected chi connectivity index (χ2v) is 5.31. The van der Waals surface area contributed by atoms with Gasteiger partial charge in [0.05, 0.1) is 19.2 Å². The number of benzene rings is 2. The normalized spacial score (nSPS) is 13.1. The topological polar surface area (TPSA) is 80.1 Å². The number of rotatable bonds is 6. The van der Waals surface area contributed by atoms with Crippen molar-refractivity contribution in [2.75, 3.05) is 20.2 Å². The van der Waals surface area contributed by atoms with Crippen LogP contribution in [0.2, 0.25) is 0 Å². The van der Waals surface area contributed by atoms with E-state index in [1.54, 1.807) is 31.4 Å². The molecular formula is C18H18N2O4. The van der Waals surface area contributed by atoms with E-state index in [9.17, 15) is 4.79 Å². The molecule has 1 aliphatic rings. The van der Waals surface area contributed by atoms with Crippen LogP contribution >= 0.6 is 0 Å². The average Bonchev–Trinajstić information content (AvgIpc) is 3.14. The van der Waals surface area contributed by atoms with Gasteiger partial charge in [0.25, 0.3) is 0 Å². The minimum absolute atomic E-state index is 0.255. The van der Waals surface area contributed by atoms with Crippen LogP contribution < -0.4 is 14.8 Å². The van der Waals surface area contributed by atoms with E-state index < -0.39 is 5.97 Å². The van der Waals surface area contributed by atoms with Gasteiger partial charge in [-0.2, -0.15) is 0 Å². The number of hydrogen-bond acceptors (Lipinski definition) is 5. The van der Waals surface area contributed by atoms with Gasteiger partial charge >= 0.3 is 5.97 Å². The molecule has 0 spiro atoms. The zero-order chi connectivity index (χ0) is 16.9. The van der Waals surface area contributed by atoms with E-state index in [0.717, 1.165) is 30.1 Å². The van der Waals surface area contributed by atoms with Gasteiger partial charge in [-0.15, -0.1) is 0 Å². The van der Waals surface area contributed by atoms with Crippen molar-refractivity contribution in [2.24, 2.45) is 4.99 Å². The molecule has 0 radical (unpaired) electrons. The zero-order valence-electron chi connectivity index (χ0n) is 13.3. The Balaban J connectivity index is 1.71. The van der Waals surface area contributed by atoms with Crippen molar-refractivity contribution in [1.29, 1.82) is 0 Å². The minimum atomic E-state index is -0.942. The van der Waals surface area contributed by atoms with Gasteiger partial charge in [0.2, 0.25) is 0 Å². The summed E-state index contributed by atoms with van der Waals surface area (Å²) in [6.07, 6.45) is 0. The second kappa shape index (κ2) is 7.04. The summed E-state index contributed by atoms with van der Waals surface area (Å²) >= 11 is 0. The van der Waals surface area contributed by atoms with Crippen LogP contribution in [0, 0.1) is 0 Å². The van der Waals surface area contributed by atoms with Crippen molar-refractivity contribution in [3.63, 3.8) is 0 Å². The number of methoxy groups -OCH3 is 1. The highest BCUT2D eigenvalue weighted by atomic mass is 16.5. The molecule has 0 saturated heterocycles. The summed E-state index contributed by atoms with van der Waals surface area (Å²) in [5.74, 6) is 1.18. The molecule has 24 heavy (non-hydrogen) atoms. The standard InChI is InChI=1S/C18H18N2O4/c1-23-16-10-14(17-19-8-9-20-17)6-7-15(16)24-11-12-2-4-13(5-3-12)18(21)22/h2-7,10H,8-9,11H2,1H3,(H,19,20)(H,21,22). The number of hydrogen-bond donors (Lipinski definition) is 2. The van der Waals surface area contributed by atoms with Crippen LogP contribution in [0.4, 0.5) is 0 Å². The molecule has 0 saturated carbocycles. The molecule has 124 valence electrons. The van der Waals surface area contributed by atoms with Crippen LogP contribution in [0.1, 0.15) is 21.5 Å². The van der Waals surface area contributed by atoms with Crippen LogP contribution in [0.25, 0.3) is 0 Å². The van der Waals surface area contributed by atoms with Crippen molar-refractivity contribution in [3.05, 3.63) is 59.2 Å². The second-order valence-electron chi connectivity index (χ2n) is 5.31. The lowest BCUT2D eigenvalue weighted by atomic mass is 10.1. The number of carboxylic acid groups (broad SMARTS) is 1. The molecule has 0 aliphatic carbocycles. The maximum Gasteiger partial charge on any atom is 0.335 e. The molecule has 1 aliphatic heterocycles. The van der Waals surface area contributed by atoms with E-state index in [2.05, 4.69) is 10.3 Å². The Hall–Kier alpha value is -3.02. The molecule has 0 fully saturated rings. The maximum atomic E-state index is 10.9. The van der Waals surface area contributed by atoms with Crippen molar-refractivity contribution >= 4 is 11.8 Å². The molecule has 0 amide bonds. The minimum Gasteiger partial charge on any atom is -0.493 e. The van der Waals surface area contributed by atoms with E-state index >= 15 is 0 Å². The Morgan fingerprint density at radius 3 is 2.62 bits per heavy atom. The molecule has 0 unspecified atom stereocenters. The van der Waals surface area contributed by atoms with Crippen LogP contribution in [0.15, 0.2) is 47.5 Å². The summed E-state index contributed by atoms with van der Waals surface area (Å²) in [4.78, 5) is 15.2. The summed E-state index contributed by atoms with van der Waals surface area (Å²) in [6.45, 7) is 1.96. The summed E-state index contributed by atoms with van der Waals surface area (Å²) in [5, 5.41) is 12.1. The molecule has 6 heteroatoms. The van der Waals surface area contributed by atoms with Crippen molar-refractivity contribution in [2.45, 2.75) is 6.61 Å². The SMILES string of the molecule is COc1cc(C2=NCCN2)ccc1OCc1ccc(C(=O)O)cc1. The van der Waals surface area contributed by atoms with Crippen LogP contribution in [0.5, 0.6) is 11.5 Å². The first-order valence-electron chi connectivity index (χ1n) is 7.59. The fraction of sp³-hybridized carbons (Fsp3) is 0.222. The van der Waals surface area contributed by atoms with Crippen LogP contribution in [0.3, 0.4) is 0 Å². The number of nitrogens with zero attached hydrogens (tertiary/aromatic N) is 1. The van der Waals surface area contributed by atoms with Gasteiger partial charge in [0.1, 0.15) is 12.4 Å². The van der Waals surface area contributed by atoms with Crippen LogP contribution in [-0.4, -0.2) is 37.1 Å². The molecule has 2 N–H and O–H groups in total. The van der Waals surface area contributed by atoms with E-state index in [4.69, 9.17) is 14.6 Å². The third kappa shape index (κ3) is 3.48. The Kier molecular flexibility index (Phi) is 4.65. The van der Waals surface area contributed by atoms with Crippen molar-refractivity contribution < 1.29 is 19.4 Å². The van der Waals surface area contributed by atoms with Gasteiger partial charge in [-0.3, -0.25) is 4.99 Å². The first-order valence-corrected chi connectivity index (χ1v) is 7.59. The Morgan fingerprint density at radius 2 is 2.00 bits per heavy atom. The van der Waals surface area contributed by atoms with Crippen molar-refractivity contribution in [3.8, 4) is 11.5 Å². The number of amidine groups is 1. The van der Waals surface area contributed by atoms with E-state index in [0.29, 0.717) is 18.1 Å². The molecule has 2 aromatic rings. The number of ether oxygens (including phenoxy) is 2. The Bertz CT molecular complexity index is 769. The Labute approximate surface area is 139 Å². The van der Waals surface area contributed by atoms with Gasteiger partial charge in [0, 0.05) is 12.1 Å². The summed E-state index contributed by atoms with van der Waals surface area (Å²) in [7, 11) is 1.59. The molecule has 0 aromatic heterocycles. The number of aliphatic imine (C=N–C) groups is 1. The van der Waals surface area contributed by atoms with Gasteiger partial charge < -0.3 is 19.9 Å². The highest BCUT2D eigenvalue weighted by Gasteiger charge is 2.12. The van der Waals surface area contributed by atoms with E-state index in [1.165, 1.54) is 0 Å². The molecule has 0 bridgehead atoms. The number of carboxylic acids is 1. The zero-order valence-corrected chi connectivity index (χ0v) is 13.3. The molecule has 0 atom stereocenters. The predicted molar refractivity (Wildman–Crippen MR) is 90.1 cm³/mol. The lowest BCUT2D eigenvalue weighted by Crippen LogP contribution is -2.19. The number of nitrogens with one attached hydrogen (secondary N) is 1. The fourth-order valence-corrected chi connectivity index (χ4v) is 2.43. The lowest BCUT2D eigenvalue weighted by Gasteiger charge is -2.12. The van der Waals surface area contributed by atoms with Crippen molar-refractivity contribution in [1.82, 2.24) is 5.32 Å². The third-order valence-corrected chi connectivity index (χ3v) is 3.71. The summed E-state index contributed by atoms with van der Waals surface area (Å²) < 4.78 is 11.2.